The van der Waals surface area contributed by atoms with Gasteiger partial charge >= 0.3 is 0 Å². The van der Waals surface area contributed by atoms with Crippen molar-refractivity contribution in [3.63, 3.8) is 0 Å². The molecule has 0 amide bonds. The van der Waals surface area contributed by atoms with Crippen LogP contribution >= 0.6 is 11.6 Å². The number of benzene rings is 2. The average molecular weight is 289 g/mol. The number of hydrogen-bond donors (Lipinski definition) is 1. The Kier molecular flexibility index (Phi) is 3.45. The summed E-state index contributed by atoms with van der Waals surface area (Å²) < 4.78 is 5.83. The number of rotatable bonds is 4. The lowest BCUT2D eigenvalue weighted by atomic mass is 10.0. The Morgan fingerprint density at radius 1 is 1.20 bits per heavy atom. The van der Waals surface area contributed by atoms with Gasteiger partial charge in [0.15, 0.2) is 0 Å². The van der Waals surface area contributed by atoms with Gasteiger partial charge in [0.1, 0.15) is 12.4 Å². The van der Waals surface area contributed by atoms with Crippen molar-refractivity contribution >= 4 is 11.6 Å². The highest BCUT2D eigenvalue weighted by Gasteiger charge is 2.42. The minimum Gasteiger partial charge on any atom is -0.487 e. The molecule has 0 bridgehead atoms. The van der Waals surface area contributed by atoms with Crippen LogP contribution in [0.1, 0.15) is 29.5 Å². The fourth-order valence-corrected chi connectivity index (χ4v) is 2.64. The van der Waals surface area contributed by atoms with E-state index in [2.05, 4.69) is 0 Å². The Morgan fingerprint density at radius 3 is 2.50 bits per heavy atom. The van der Waals surface area contributed by atoms with Crippen molar-refractivity contribution < 1.29 is 9.84 Å². The van der Waals surface area contributed by atoms with Gasteiger partial charge in [0.2, 0.25) is 0 Å². The number of ether oxygens (including phenoxy) is 1. The zero-order chi connectivity index (χ0) is 14.2. The molecule has 1 aliphatic carbocycles. The van der Waals surface area contributed by atoms with Gasteiger partial charge in [-0.2, -0.15) is 0 Å². The maximum Gasteiger partial charge on any atom is 0.141 e. The Hall–Kier alpha value is -1.51. The summed E-state index contributed by atoms with van der Waals surface area (Å²) >= 11 is 6.30. The van der Waals surface area contributed by atoms with Crippen LogP contribution in [0.15, 0.2) is 42.5 Å². The van der Waals surface area contributed by atoms with Crippen LogP contribution in [-0.4, -0.2) is 5.11 Å². The molecule has 0 aliphatic heterocycles. The molecule has 0 aromatic heterocycles. The normalized spacial score (nSPS) is 15.9. The van der Waals surface area contributed by atoms with Gasteiger partial charge in [-0.15, -0.1) is 0 Å². The van der Waals surface area contributed by atoms with Crippen molar-refractivity contribution in [2.75, 3.05) is 0 Å². The largest absolute Gasteiger partial charge is 0.487 e. The van der Waals surface area contributed by atoms with Gasteiger partial charge in [-0.25, -0.2) is 0 Å². The van der Waals surface area contributed by atoms with Crippen LogP contribution < -0.4 is 4.74 Å². The highest BCUT2D eigenvalue weighted by atomic mass is 35.5. The first-order valence-corrected chi connectivity index (χ1v) is 7.16. The number of halogens is 1. The number of hydrogen-bond acceptors (Lipinski definition) is 2. The molecule has 0 saturated heterocycles. The molecule has 0 radical (unpaired) electrons. The molecule has 0 unspecified atom stereocenters. The van der Waals surface area contributed by atoms with Crippen molar-refractivity contribution in [1.29, 1.82) is 0 Å². The fraction of sp³-hybridized carbons (Fsp3) is 0.294. The second kappa shape index (κ2) is 5.12. The Labute approximate surface area is 124 Å². The van der Waals surface area contributed by atoms with Crippen molar-refractivity contribution in [3.05, 3.63) is 64.2 Å². The van der Waals surface area contributed by atoms with Crippen LogP contribution in [-0.2, 0) is 12.2 Å². The lowest BCUT2D eigenvalue weighted by molar-refractivity contribution is 0.151. The molecule has 1 aliphatic rings. The van der Waals surface area contributed by atoms with E-state index in [0.29, 0.717) is 17.4 Å². The minimum atomic E-state index is -0.660. The van der Waals surface area contributed by atoms with Gasteiger partial charge in [0.25, 0.3) is 0 Å². The van der Waals surface area contributed by atoms with Gasteiger partial charge in [0.05, 0.1) is 10.6 Å². The highest BCUT2D eigenvalue weighted by molar-refractivity contribution is 6.32. The summed E-state index contributed by atoms with van der Waals surface area (Å²) in [7, 11) is 0. The van der Waals surface area contributed by atoms with Gasteiger partial charge in [-0.1, -0.05) is 41.9 Å². The number of aryl methyl sites for hydroxylation is 1. The molecule has 3 heteroatoms. The second-order valence-electron chi connectivity index (χ2n) is 5.41. The molecule has 0 spiro atoms. The topological polar surface area (TPSA) is 29.5 Å². The average Bonchev–Trinajstić information content (AvgIpc) is 3.18. The summed E-state index contributed by atoms with van der Waals surface area (Å²) in [6, 6.07) is 13.8. The van der Waals surface area contributed by atoms with E-state index in [1.807, 2.05) is 49.4 Å². The summed E-state index contributed by atoms with van der Waals surface area (Å²) in [6.07, 6.45) is 1.62. The van der Waals surface area contributed by atoms with Crippen molar-refractivity contribution in [2.45, 2.75) is 32.0 Å². The van der Waals surface area contributed by atoms with Gasteiger partial charge < -0.3 is 9.84 Å². The first kappa shape index (κ1) is 13.5. The molecule has 0 heterocycles. The molecule has 2 nitrogen and oxygen atoms in total. The molecule has 2 aromatic carbocycles. The van der Waals surface area contributed by atoms with Gasteiger partial charge in [-0.3, -0.25) is 0 Å². The molecule has 0 atom stereocenters. The Balaban J connectivity index is 1.80. The lowest BCUT2D eigenvalue weighted by Crippen LogP contribution is -2.06. The maximum absolute atomic E-state index is 10.1. The third-order valence-electron chi connectivity index (χ3n) is 3.72. The number of aliphatic hydroxyl groups is 1. The van der Waals surface area contributed by atoms with E-state index in [1.165, 1.54) is 0 Å². The van der Waals surface area contributed by atoms with Crippen LogP contribution in [0.3, 0.4) is 0 Å². The molecule has 1 saturated carbocycles. The zero-order valence-electron chi connectivity index (χ0n) is 11.4. The summed E-state index contributed by atoms with van der Waals surface area (Å²) in [5, 5.41) is 10.7. The Bertz CT molecular complexity index is 595. The molecule has 1 N–H and O–H groups in total. The van der Waals surface area contributed by atoms with Crippen molar-refractivity contribution in [2.24, 2.45) is 0 Å². The van der Waals surface area contributed by atoms with E-state index >= 15 is 0 Å². The van der Waals surface area contributed by atoms with Crippen LogP contribution in [0.5, 0.6) is 5.75 Å². The van der Waals surface area contributed by atoms with E-state index in [1.54, 1.807) is 0 Å². The van der Waals surface area contributed by atoms with E-state index in [0.717, 1.165) is 29.5 Å². The minimum absolute atomic E-state index is 0.491. The summed E-state index contributed by atoms with van der Waals surface area (Å²) in [5.74, 6) is 0.698. The smallest absolute Gasteiger partial charge is 0.141 e. The van der Waals surface area contributed by atoms with Gasteiger partial charge in [0, 0.05) is 0 Å². The molecule has 20 heavy (non-hydrogen) atoms. The first-order chi connectivity index (χ1) is 9.58. The molecular weight excluding hydrogens is 272 g/mol. The third kappa shape index (κ3) is 2.67. The van der Waals surface area contributed by atoms with Gasteiger partial charge in [-0.05, 0) is 48.6 Å². The molecule has 2 aromatic rings. The van der Waals surface area contributed by atoms with Crippen molar-refractivity contribution in [3.8, 4) is 5.75 Å². The standard InChI is InChI=1S/C17H17ClO2/c1-12-9-14(17(19)7-8-17)10-15(18)16(12)20-11-13-5-3-2-4-6-13/h2-6,9-10,19H,7-8,11H2,1H3. The predicted molar refractivity (Wildman–Crippen MR) is 80.1 cm³/mol. The summed E-state index contributed by atoms with van der Waals surface area (Å²) in [4.78, 5) is 0. The zero-order valence-corrected chi connectivity index (χ0v) is 12.2. The second-order valence-corrected chi connectivity index (χ2v) is 5.82. The predicted octanol–water partition coefficient (Wildman–Crippen LogP) is 4.21. The van der Waals surface area contributed by atoms with Crippen LogP contribution in [0, 0.1) is 6.92 Å². The summed E-state index contributed by atoms with van der Waals surface area (Å²) in [5.41, 5.74) is 2.30. The van der Waals surface area contributed by atoms with E-state index in [4.69, 9.17) is 16.3 Å². The SMILES string of the molecule is Cc1cc(C2(O)CC2)cc(Cl)c1OCc1ccccc1. The van der Waals surface area contributed by atoms with E-state index in [-0.39, 0.29) is 0 Å². The molecule has 104 valence electrons. The maximum atomic E-state index is 10.1. The third-order valence-corrected chi connectivity index (χ3v) is 4.00. The molecular formula is C17H17ClO2. The van der Waals surface area contributed by atoms with Crippen molar-refractivity contribution in [1.82, 2.24) is 0 Å². The van der Waals surface area contributed by atoms with E-state index in [9.17, 15) is 5.11 Å². The lowest BCUT2D eigenvalue weighted by Gasteiger charge is -2.15. The molecule has 1 fully saturated rings. The summed E-state index contributed by atoms with van der Waals surface area (Å²) in [6.45, 7) is 2.45. The van der Waals surface area contributed by atoms with Crippen LogP contribution in [0.4, 0.5) is 0 Å². The fourth-order valence-electron chi connectivity index (χ4n) is 2.32. The van der Waals surface area contributed by atoms with Crippen LogP contribution in [0.2, 0.25) is 5.02 Å². The monoisotopic (exact) mass is 288 g/mol. The molecule has 3 rings (SSSR count). The quantitative estimate of drug-likeness (QED) is 0.913. The van der Waals surface area contributed by atoms with E-state index < -0.39 is 5.60 Å². The van der Waals surface area contributed by atoms with Crippen LogP contribution in [0.25, 0.3) is 0 Å². The highest BCUT2D eigenvalue weighted by Crippen LogP contribution is 2.47. The Morgan fingerprint density at radius 2 is 1.90 bits per heavy atom. The first-order valence-electron chi connectivity index (χ1n) is 6.78.